The minimum Gasteiger partial charge on any atom is -0.508 e. The van der Waals surface area contributed by atoms with E-state index in [1.165, 1.54) is 25.7 Å². The van der Waals surface area contributed by atoms with Gasteiger partial charge in [-0.1, -0.05) is 25.0 Å². The molecule has 1 aliphatic carbocycles. The fourth-order valence-corrected chi connectivity index (χ4v) is 4.11. The van der Waals surface area contributed by atoms with Gasteiger partial charge in [-0.2, -0.15) is 0 Å². The molecule has 3 rings (SSSR count). The average molecular weight is 374 g/mol. The summed E-state index contributed by atoms with van der Waals surface area (Å²) in [5.41, 5.74) is 1.12. The molecule has 1 saturated carbocycles. The Morgan fingerprint density at radius 2 is 2.00 bits per heavy atom. The second kappa shape index (κ2) is 10.5. The summed E-state index contributed by atoms with van der Waals surface area (Å²) in [6.45, 7) is 6.69. The fraction of sp³-hybridized carbons (Fsp3) is 0.682. The average Bonchev–Trinajstić information content (AvgIpc) is 3.20. The Labute approximate surface area is 163 Å². The lowest BCUT2D eigenvalue weighted by Gasteiger charge is -2.34. The third-order valence-electron chi connectivity index (χ3n) is 5.69. The van der Waals surface area contributed by atoms with Crippen LogP contribution in [0.25, 0.3) is 0 Å². The normalized spacial score (nSPS) is 19.6. The SMILES string of the molecule is CCNC(=NCCc1cccc(O)c1)N1CCC(OCC2CCCC2)CC1. The maximum absolute atomic E-state index is 9.58. The number of aromatic hydroxyl groups is 1. The molecule has 0 amide bonds. The molecule has 5 heteroatoms. The van der Waals surface area contributed by atoms with Crippen LogP contribution in [0.1, 0.15) is 51.0 Å². The number of piperidine rings is 1. The van der Waals surface area contributed by atoms with E-state index in [2.05, 4.69) is 17.1 Å². The number of hydrogen-bond donors (Lipinski definition) is 2. The second-order valence-corrected chi connectivity index (χ2v) is 7.83. The van der Waals surface area contributed by atoms with E-state index in [9.17, 15) is 5.11 Å². The number of benzene rings is 1. The van der Waals surface area contributed by atoms with E-state index in [4.69, 9.17) is 9.73 Å². The van der Waals surface area contributed by atoms with Gasteiger partial charge in [0.05, 0.1) is 6.10 Å². The smallest absolute Gasteiger partial charge is 0.193 e. The molecule has 2 fully saturated rings. The van der Waals surface area contributed by atoms with Crippen LogP contribution in [0.3, 0.4) is 0 Å². The Hall–Kier alpha value is -1.75. The Kier molecular flexibility index (Phi) is 7.81. The summed E-state index contributed by atoms with van der Waals surface area (Å²) in [7, 11) is 0. The first-order chi connectivity index (χ1) is 13.2. The summed E-state index contributed by atoms with van der Waals surface area (Å²) in [6, 6.07) is 7.44. The minimum absolute atomic E-state index is 0.322. The van der Waals surface area contributed by atoms with Crippen LogP contribution in [0.5, 0.6) is 5.75 Å². The van der Waals surface area contributed by atoms with Crippen LogP contribution in [0.4, 0.5) is 0 Å². The molecule has 0 bridgehead atoms. The van der Waals surface area contributed by atoms with Crippen LogP contribution >= 0.6 is 0 Å². The molecule has 0 atom stereocenters. The summed E-state index contributed by atoms with van der Waals surface area (Å²) >= 11 is 0. The van der Waals surface area contributed by atoms with Crippen molar-refractivity contribution in [2.75, 3.05) is 32.8 Å². The molecule has 1 aromatic rings. The number of aliphatic imine (C=N–C) groups is 1. The van der Waals surface area contributed by atoms with Gasteiger partial charge in [-0.25, -0.2) is 0 Å². The van der Waals surface area contributed by atoms with Crippen molar-refractivity contribution in [3.63, 3.8) is 0 Å². The first kappa shape index (κ1) is 20.0. The van der Waals surface area contributed by atoms with E-state index in [0.29, 0.717) is 11.9 Å². The molecule has 27 heavy (non-hydrogen) atoms. The van der Waals surface area contributed by atoms with Crippen LogP contribution < -0.4 is 5.32 Å². The molecule has 0 unspecified atom stereocenters. The van der Waals surface area contributed by atoms with Crippen molar-refractivity contribution in [3.05, 3.63) is 29.8 Å². The Morgan fingerprint density at radius 1 is 1.22 bits per heavy atom. The first-order valence-corrected chi connectivity index (χ1v) is 10.7. The zero-order chi connectivity index (χ0) is 18.9. The van der Waals surface area contributed by atoms with Crippen LogP contribution in [-0.2, 0) is 11.2 Å². The number of ether oxygens (including phenoxy) is 1. The molecule has 1 aliphatic heterocycles. The van der Waals surface area contributed by atoms with Crippen molar-refractivity contribution in [1.29, 1.82) is 0 Å². The highest BCUT2D eigenvalue weighted by Crippen LogP contribution is 2.26. The number of nitrogens with one attached hydrogen (secondary N) is 1. The van der Waals surface area contributed by atoms with E-state index in [1.54, 1.807) is 6.07 Å². The number of hydrogen-bond acceptors (Lipinski definition) is 3. The van der Waals surface area contributed by atoms with Gasteiger partial charge in [0.15, 0.2) is 5.96 Å². The van der Waals surface area contributed by atoms with Gasteiger partial charge < -0.3 is 20.1 Å². The van der Waals surface area contributed by atoms with Crippen molar-refractivity contribution in [1.82, 2.24) is 10.2 Å². The van der Waals surface area contributed by atoms with Crippen LogP contribution in [-0.4, -0.2) is 54.9 Å². The van der Waals surface area contributed by atoms with E-state index in [-0.39, 0.29) is 0 Å². The third kappa shape index (κ3) is 6.42. The highest BCUT2D eigenvalue weighted by Gasteiger charge is 2.23. The Bertz CT molecular complexity index is 591. The van der Waals surface area contributed by atoms with Gasteiger partial charge in [-0.3, -0.25) is 4.99 Å². The Balaban J connectivity index is 1.44. The van der Waals surface area contributed by atoms with Gasteiger partial charge in [0, 0.05) is 32.8 Å². The van der Waals surface area contributed by atoms with Crippen LogP contribution in [0, 0.1) is 5.92 Å². The number of phenols is 1. The lowest BCUT2D eigenvalue weighted by Crippen LogP contribution is -2.47. The van der Waals surface area contributed by atoms with E-state index in [1.807, 2.05) is 18.2 Å². The number of guanidine groups is 1. The van der Waals surface area contributed by atoms with E-state index in [0.717, 1.165) is 69.5 Å². The largest absolute Gasteiger partial charge is 0.508 e. The monoisotopic (exact) mass is 373 g/mol. The van der Waals surface area contributed by atoms with E-state index < -0.39 is 0 Å². The Morgan fingerprint density at radius 3 is 2.70 bits per heavy atom. The lowest BCUT2D eigenvalue weighted by atomic mass is 10.1. The molecule has 150 valence electrons. The van der Waals surface area contributed by atoms with Gasteiger partial charge in [0.25, 0.3) is 0 Å². The quantitative estimate of drug-likeness (QED) is 0.567. The highest BCUT2D eigenvalue weighted by atomic mass is 16.5. The summed E-state index contributed by atoms with van der Waals surface area (Å²) < 4.78 is 6.19. The molecule has 1 aromatic carbocycles. The molecule has 2 aliphatic rings. The van der Waals surface area contributed by atoms with Crippen LogP contribution in [0.2, 0.25) is 0 Å². The molecule has 1 saturated heterocycles. The predicted octanol–water partition coefficient (Wildman–Crippen LogP) is 3.57. The molecular weight excluding hydrogens is 338 g/mol. The molecule has 5 nitrogen and oxygen atoms in total. The number of phenolic OH excluding ortho intramolecular Hbond substituents is 1. The van der Waals surface area contributed by atoms with Crippen molar-refractivity contribution in [2.45, 2.75) is 58.0 Å². The lowest BCUT2D eigenvalue weighted by molar-refractivity contribution is 0.00102. The van der Waals surface area contributed by atoms with Crippen molar-refractivity contribution in [2.24, 2.45) is 10.9 Å². The van der Waals surface area contributed by atoms with Gasteiger partial charge in [-0.15, -0.1) is 0 Å². The summed E-state index contributed by atoms with van der Waals surface area (Å²) in [6.07, 6.45) is 8.91. The second-order valence-electron chi connectivity index (χ2n) is 7.83. The maximum Gasteiger partial charge on any atom is 0.193 e. The maximum atomic E-state index is 9.58. The zero-order valence-electron chi connectivity index (χ0n) is 16.7. The van der Waals surface area contributed by atoms with Gasteiger partial charge >= 0.3 is 0 Å². The minimum atomic E-state index is 0.322. The number of nitrogens with zero attached hydrogens (tertiary/aromatic N) is 2. The van der Waals surface area contributed by atoms with Crippen molar-refractivity contribution in [3.8, 4) is 5.75 Å². The molecular formula is C22H35N3O2. The van der Waals surface area contributed by atoms with Crippen molar-refractivity contribution >= 4 is 5.96 Å². The van der Waals surface area contributed by atoms with Crippen LogP contribution in [0.15, 0.2) is 29.3 Å². The fourth-order valence-electron chi connectivity index (χ4n) is 4.11. The zero-order valence-corrected chi connectivity index (χ0v) is 16.7. The summed E-state index contributed by atoms with van der Waals surface area (Å²) in [5, 5.41) is 13.0. The number of rotatable bonds is 7. The van der Waals surface area contributed by atoms with E-state index >= 15 is 0 Å². The highest BCUT2D eigenvalue weighted by molar-refractivity contribution is 5.80. The van der Waals surface area contributed by atoms with Crippen molar-refractivity contribution < 1.29 is 9.84 Å². The van der Waals surface area contributed by atoms with Gasteiger partial charge in [0.1, 0.15) is 5.75 Å². The first-order valence-electron chi connectivity index (χ1n) is 10.7. The number of likely N-dealkylation sites (tertiary alicyclic amines) is 1. The van der Waals surface area contributed by atoms with Gasteiger partial charge in [0.2, 0.25) is 0 Å². The topological polar surface area (TPSA) is 57.1 Å². The molecule has 1 heterocycles. The summed E-state index contributed by atoms with van der Waals surface area (Å²) in [5.74, 6) is 2.13. The molecule has 0 spiro atoms. The summed E-state index contributed by atoms with van der Waals surface area (Å²) in [4.78, 5) is 7.17. The third-order valence-corrected chi connectivity index (χ3v) is 5.69. The molecule has 0 aromatic heterocycles. The standard InChI is InChI=1S/C22H35N3O2/c1-2-23-22(24-13-10-18-8-5-9-20(26)16-18)25-14-11-21(12-15-25)27-17-19-6-3-4-7-19/h5,8-9,16,19,21,26H,2-4,6-7,10-15,17H2,1H3,(H,23,24). The molecule has 2 N–H and O–H groups in total. The molecule has 0 radical (unpaired) electrons. The van der Waals surface area contributed by atoms with Gasteiger partial charge in [-0.05, 0) is 62.6 Å². The predicted molar refractivity (Wildman–Crippen MR) is 110 cm³/mol.